The maximum Gasteiger partial charge on any atom is 0.373 e. The Balaban J connectivity index is 0.000000873. The van der Waals surface area contributed by atoms with E-state index in [0.717, 1.165) is 13.0 Å². The third kappa shape index (κ3) is 4.84. The first-order valence-electron chi connectivity index (χ1n) is 6.35. The lowest BCUT2D eigenvalue weighted by Gasteiger charge is -2.14. The van der Waals surface area contributed by atoms with Gasteiger partial charge < -0.3 is 0 Å². The van der Waals surface area contributed by atoms with E-state index in [0.29, 0.717) is 5.92 Å². The molecule has 4 nitrogen and oxygen atoms in total. The standard InChI is InChI=1S/C13H24N2.CO2/c1-7-8-15-11(10(2)3)9-12(14-15)13(4,5)6;2-1-3/h9-10H,7-8H2,1-6H3;. The predicted molar refractivity (Wildman–Crippen MR) is 70.3 cm³/mol. The summed E-state index contributed by atoms with van der Waals surface area (Å²) in [6.07, 6.45) is 1.39. The van der Waals surface area contributed by atoms with Gasteiger partial charge in [-0.15, -0.1) is 0 Å². The lowest BCUT2D eigenvalue weighted by Crippen LogP contribution is -2.13. The van der Waals surface area contributed by atoms with Gasteiger partial charge in [0.2, 0.25) is 0 Å². The molecular formula is C14H24N2O2. The molecule has 0 aliphatic rings. The number of aromatic nitrogens is 2. The van der Waals surface area contributed by atoms with Crippen molar-refractivity contribution in [3.63, 3.8) is 0 Å². The molecular weight excluding hydrogens is 228 g/mol. The number of nitrogens with zero attached hydrogens (tertiary/aromatic N) is 2. The molecule has 0 saturated heterocycles. The van der Waals surface area contributed by atoms with E-state index in [1.165, 1.54) is 11.4 Å². The zero-order valence-corrected chi connectivity index (χ0v) is 12.3. The van der Waals surface area contributed by atoms with E-state index in [2.05, 4.69) is 52.3 Å². The Labute approximate surface area is 109 Å². The highest BCUT2D eigenvalue weighted by molar-refractivity contribution is 5.20. The van der Waals surface area contributed by atoms with Gasteiger partial charge in [-0.1, -0.05) is 41.5 Å². The molecule has 4 heteroatoms. The van der Waals surface area contributed by atoms with E-state index in [9.17, 15) is 0 Å². The maximum absolute atomic E-state index is 8.12. The molecule has 1 heterocycles. The molecule has 1 rings (SSSR count). The number of carbonyl (C=O) groups excluding carboxylic acids is 2. The van der Waals surface area contributed by atoms with E-state index in [-0.39, 0.29) is 11.6 Å². The largest absolute Gasteiger partial charge is 0.373 e. The van der Waals surface area contributed by atoms with Crippen LogP contribution in [-0.4, -0.2) is 15.9 Å². The summed E-state index contributed by atoms with van der Waals surface area (Å²) < 4.78 is 2.17. The molecule has 102 valence electrons. The monoisotopic (exact) mass is 252 g/mol. The van der Waals surface area contributed by atoms with Crippen LogP contribution < -0.4 is 0 Å². The second kappa shape index (κ2) is 7.12. The van der Waals surface area contributed by atoms with Gasteiger partial charge in [0.15, 0.2) is 0 Å². The number of hydrogen-bond donors (Lipinski definition) is 0. The molecule has 0 spiro atoms. The third-order valence-corrected chi connectivity index (χ3v) is 2.61. The highest BCUT2D eigenvalue weighted by Crippen LogP contribution is 2.25. The van der Waals surface area contributed by atoms with Crippen LogP contribution in [0, 0.1) is 0 Å². The first kappa shape index (κ1) is 16.6. The molecule has 0 aromatic carbocycles. The van der Waals surface area contributed by atoms with Crippen LogP contribution in [0.4, 0.5) is 0 Å². The van der Waals surface area contributed by atoms with Crippen molar-refractivity contribution in [1.29, 1.82) is 0 Å². The van der Waals surface area contributed by atoms with Gasteiger partial charge in [0.05, 0.1) is 5.69 Å². The fraction of sp³-hybridized carbons (Fsp3) is 0.714. The average molecular weight is 252 g/mol. The Morgan fingerprint density at radius 2 is 1.83 bits per heavy atom. The van der Waals surface area contributed by atoms with Crippen molar-refractivity contribution in [3.05, 3.63) is 17.5 Å². The molecule has 0 aliphatic carbocycles. The topological polar surface area (TPSA) is 52.0 Å². The molecule has 0 amide bonds. The minimum absolute atomic E-state index is 0.155. The molecule has 1 aromatic rings. The van der Waals surface area contributed by atoms with Crippen molar-refractivity contribution < 1.29 is 9.59 Å². The smallest absolute Gasteiger partial charge is 0.269 e. The summed E-state index contributed by atoms with van der Waals surface area (Å²) in [7, 11) is 0. The van der Waals surface area contributed by atoms with Crippen LogP contribution in [-0.2, 0) is 21.5 Å². The zero-order valence-electron chi connectivity index (χ0n) is 12.3. The average Bonchev–Trinajstić information content (AvgIpc) is 2.63. The van der Waals surface area contributed by atoms with Crippen molar-refractivity contribution in [2.75, 3.05) is 0 Å². The minimum atomic E-state index is 0.155. The zero-order chi connectivity index (χ0) is 14.3. The Bertz CT molecular complexity index is 394. The Hall–Kier alpha value is -1.41. The Morgan fingerprint density at radius 1 is 1.33 bits per heavy atom. The molecule has 1 aromatic heterocycles. The fourth-order valence-corrected chi connectivity index (χ4v) is 1.65. The Morgan fingerprint density at radius 3 is 2.17 bits per heavy atom. The second-order valence-electron chi connectivity index (χ2n) is 5.67. The van der Waals surface area contributed by atoms with E-state index in [4.69, 9.17) is 14.7 Å². The SMILES string of the molecule is CCCn1nc(C(C)(C)C)cc1C(C)C.O=C=O. The van der Waals surface area contributed by atoms with Gasteiger partial charge in [0.25, 0.3) is 0 Å². The van der Waals surface area contributed by atoms with Crippen LogP contribution >= 0.6 is 0 Å². The van der Waals surface area contributed by atoms with Crippen molar-refractivity contribution >= 4 is 6.15 Å². The van der Waals surface area contributed by atoms with Gasteiger partial charge in [-0.25, -0.2) is 0 Å². The van der Waals surface area contributed by atoms with Gasteiger partial charge in [-0.3, -0.25) is 4.68 Å². The first-order chi connectivity index (χ1) is 8.27. The van der Waals surface area contributed by atoms with Crippen LogP contribution in [0.2, 0.25) is 0 Å². The number of rotatable bonds is 3. The third-order valence-electron chi connectivity index (χ3n) is 2.61. The van der Waals surface area contributed by atoms with Crippen LogP contribution in [0.3, 0.4) is 0 Å². The molecule has 0 bridgehead atoms. The molecule has 0 aliphatic heterocycles. The molecule has 0 fully saturated rings. The number of hydrogen-bond acceptors (Lipinski definition) is 3. The lowest BCUT2D eigenvalue weighted by molar-refractivity contribution is -0.191. The highest BCUT2D eigenvalue weighted by atomic mass is 16.2. The summed E-state index contributed by atoms with van der Waals surface area (Å²) in [6.45, 7) is 14.3. The van der Waals surface area contributed by atoms with Crippen LogP contribution in [0.15, 0.2) is 6.07 Å². The van der Waals surface area contributed by atoms with Gasteiger partial charge in [-0.2, -0.15) is 14.7 Å². The first-order valence-corrected chi connectivity index (χ1v) is 6.35. The predicted octanol–water partition coefficient (Wildman–Crippen LogP) is 3.13. The molecule has 0 saturated carbocycles. The second-order valence-corrected chi connectivity index (χ2v) is 5.67. The molecule has 18 heavy (non-hydrogen) atoms. The van der Waals surface area contributed by atoms with Crippen LogP contribution in [0.5, 0.6) is 0 Å². The molecule has 0 atom stereocenters. The quantitative estimate of drug-likeness (QED) is 0.830. The normalized spacial score (nSPS) is 10.8. The van der Waals surface area contributed by atoms with Crippen LogP contribution in [0.1, 0.15) is 65.3 Å². The van der Waals surface area contributed by atoms with Gasteiger partial charge in [-0.05, 0) is 18.4 Å². The summed E-state index contributed by atoms with van der Waals surface area (Å²) in [5, 5.41) is 4.71. The van der Waals surface area contributed by atoms with Crippen molar-refractivity contribution in [1.82, 2.24) is 9.78 Å². The minimum Gasteiger partial charge on any atom is -0.269 e. The van der Waals surface area contributed by atoms with E-state index < -0.39 is 0 Å². The fourth-order valence-electron chi connectivity index (χ4n) is 1.65. The molecule has 0 N–H and O–H groups in total. The summed E-state index contributed by atoms with van der Waals surface area (Å²) in [5.74, 6) is 0.556. The summed E-state index contributed by atoms with van der Waals surface area (Å²) in [5.41, 5.74) is 2.73. The van der Waals surface area contributed by atoms with Crippen molar-refractivity contribution in [2.24, 2.45) is 0 Å². The van der Waals surface area contributed by atoms with Crippen molar-refractivity contribution in [3.8, 4) is 0 Å². The van der Waals surface area contributed by atoms with E-state index in [1.54, 1.807) is 0 Å². The maximum atomic E-state index is 8.12. The summed E-state index contributed by atoms with van der Waals surface area (Å²) >= 11 is 0. The van der Waals surface area contributed by atoms with Gasteiger partial charge in [0, 0.05) is 17.7 Å². The van der Waals surface area contributed by atoms with E-state index in [1.807, 2.05) is 0 Å². The summed E-state index contributed by atoms with van der Waals surface area (Å²) in [6, 6.07) is 2.26. The number of aryl methyl sites for hydroxylation is 1. The lowest BCUT2D eigenvalue weighted by atomic mass is 9.92. The molecule has 0 unspecified atom stereocenters. The highest BCUT2D eigenvalue weighted by Gasteiger charge is 2.20. The molecule has 0 radical (unpaired) electrons. The summed E-state index contributed by atoms with van der Waals surface area (Å²) in [4.78, 5) is 16.2. The van der Waals surface area contributed by atoms with Gasteiger partial charge in [0.1, 0.15) is 0 Å². The van der Waals surface area contributed by atoms with Crippen LogP contribution in [0.25, 0.3) is 0 Å². The van der Waals surface area contributed by atoms with Gasteiger partial charge >= 0.3 is 6.15 Å². The van der Waals surface area contributed by atoms with Crippen molar-refractivity contribution in [2.45, 2.75) is 65.8 Å². The Kier molecular flexibility index (Phi) is 6.56. The van der Waals surface area contributed by atoms with E-state index >= 15 is 0 Å².